The zero-order valence-corrected chi connectivity index (χ0v) is 17.1. The van der Waals surface area contributed by atoms with Crippen LogP contribution in [0.1, 0.15) is 43.9 Å². The summed E-state index contributed by atoms with van der Waals surface area (Å²) in [7, 11) is 0. The number of hydrogen-bond donors (Lipinski definition) is 0. The van der Waals surface area contributed by atoms with Gasteiger partial charge in [0, 0.05) is 23.4 Å². The number of benzene rings is 2. The summed E-state index contributed by atoms with van der Waals surface area (Å²) in [5.74, 6) is -0.312. The third-order valence-corrected chi connectivity index (χ3v) is 5.74. The van der Waals surface area contributed by atoms with Crippen LogP contribution in [-0.4, -0.2) is 17.0 Å². The van der Waals surface area contributed by atoms with Crippen molar-refractivity contribution in [3.05, 3.63) is 82.6 Å². The Hall–Kier alpha value is -2.14. The van der Waals surface area contributed by atoms with E-state index >= 15 is 0 Å². The van der Waals surface area contributed by atoms with Crippen LogP contribution >= 0.6 is 15.9 Å². The smallest absolute Gasteiger partial charge is 0.411 e. The lowest BCUT2D eigenvalue weighted by Gasteiger charge is -2.47. The highest BCUT2D eigenvalue weighted by Gasteiger charge is 2.46. The van der Waals surface area contributed by atoms with Crippen molar-refractivity contribution in [2.75, 3.05) is 0 Å². The number of ether oxygens (including phenoxy) is 1. The quantitative estimate of drug-likeness (QED) is 0.515. The van der Waals surface area contributed by atoms with Crippen LogP contribution in [0.15, 0.2) is 65.7 Å². The molecule has 1 aliphatic rings. The van der Waals surface area contributed by atoms with Crippen LogP contribution in [0.5, 0.6) is 0 Å². The molecule has 0 N–H and O–H groups in total. The van der Waals surface area contributed by atoms with Gasteiger partial charge in [-0.15, -0.1) is 6.58 Å². The Morgan fingerprint density at radius 3 is 2.48 bits per heavy atom. The second-order valence-corrected chi connectivity index (χ2v) is 7.97. The molecule has 1 amide bonds. The molecule has 3 atom stereocenters. The Bertz CT molecular complexity index is 821. The number of nitrogens with zero attached hydrogens (tertiary/aromatic N) is 1. The summed E-state index contributed by atoms with van der Waals surface area (Å²) in [6.45, 7) is 7.84. The minimum absolute atomic E-state index is 0.0464. The maximum absolute atomic E-state index is 13.4. The molecular weight excluding hydrogens is 409 g/mol. The lowest BCUT2D eigenvalue weighted by atomic mass is 9.82. The summed E-state index contributed by atoms with van der Waals surface area (Å²) in [4.78, 5) is 14.8. The predicted octanol–water partition coefficient (Wildman–Crippen LogP) is 6.35. The van der Waals surface area contributed by atoms with Crippen LogP contribution in [0.25, 0.3) is 0 Å². The number of halogens is 2. The van der Waals surface area contributed by atoms with Gasteiger partial charge in [0.1, 0.15) is 11.4 Å². The molecular formula is C22H23BrFNO2. The van der Waals surface area contributed by atoms with E-state index in [1.807, 2.05) is 38.1 Å². The second-order valence-electron chi connectivity index (χ2n) is 7.05. The van der Waals surface area contributed by atoms with Gasteiger partial charge in [0.2, 0.25) is 0 Å². The van der Waals surface area contributed by atoms with E-state index in [1.165, 1.54) is 12.1 Å². The van der Waals surface area contributed by atoms with Gasteiger partial charge in [0.05, 0.1) is 6.04 Å². The lowest BCUT2D eigenvalue weighted by Crippen LogP contribution is -2.53. The molecule has 1 saturated heterocycles. The van der Waals surface area contributed by atoms with Gasteiger partial charge in [0.25, 0.3) is 0 Å². The first-order chi connectivity index (χ1) is 12.9. The molecule has 5 heteroatoms. The van der Waals surface area contributed by atoms with Crippen LogP contribution in [0.2, 0.25) is 0 Å². The first kappa shape index (κ1) is 19.6. The van der Waals surface area contributed by atoms with Crippen LogP contribution in [-0.2, 0) is 10.3 Å². The number of carbonyl (C=O) groups is 1. The van der Waals surface area contributed by atoms with Crippen LogP contribution < -0.4 is 0 Å². The highest BCUT2D eigenvalue weighted by Crippen LogP contribution is 2.42. The summed E-state index contributed by atoms with van der Waals surface area (Å²) < 4.78 is 20.3. The van der Waals surface area contributed by atoms with Gasteiger partial charge < -0.3 is 4.74 Å². The molecule has 0 unspecified atom stereocenters. The lowest BCUT2D eigenvalue weighted by molar-refractivity contribution is -0.0785. The van der Waals surface area contributed by atoms with Crippen molar-refractivity contribution in [2.24, 2.45) is 0 Å². The molecule has 0 radical (unpaired) electrons. The van der Waals surface area contributed by atoms with Crippen molar-refractivity contribution in [1.29, 1.82) is 0 Å². The molecule has 27 heavy (non-hydrogen) atoms. The van der Waals surface area contributed by atoms with E-state index in [4.69, 9.17) is 4.74 Å². The van der Waals surface area contributed by atoms with Crippen LogP contribution in [0.4, 0.5) is 9.18 Å². The molecule has 1 fully saturated rings. The van der Waals surface area contributed by atoms with E-state index in [0.717, 1.165) is 15.6 Å². The fourth-order valence-electron chi connectivity index (χ4n) is 3.87. The molecule has 0 aromatic heterocycles. The maximum Gasteiger partial charge on any atom is 0.411 e. The van der Waals surface area contributed by atoms with Crippen molar-refractivity contribution >= 4 is 22.0 Å². The molecule has 3 nitrogen and oxygen atoms in total. The fraction of sp³-hybridized carbons (Fsp3) is 0.318. The molecule has 0 aliphatic carbocycles. The van der Waals surface area contributed by atoms with E-state index in [-0.39, 0.29) is 24.0 Å². The number of amides is 1. The van der Waals surface area contributed by atoms with E-state index in [2.05, 4.69) is 22.5 Å². The highest BCUT2D eigenvalue weighted by molar-refractivity contribution is 9.10. The first-order valence-corrected chi connectivity index (χ1v) is 9.79. The standard InChI is InChI=1S/C22H23BrFNO2/c1-4-13-22(18-7-11-20(24)12-8-18)14-15(2)25(21(26)27-22)16(3)17-5-9-19(23)10-6-17/h4-12,15-16H,1,13-14H2,2-3H3/t15-,16-,22+/m0/s1. The normalized spacial score (nSPS) is 23.6. The molecule has 0 saturated carbocycles. The molecule has 0 bridgehead atoms. The maximum atomic E-state index is 13.4. The Morgan fingerprint density at radius 1 is 1.30 bits per heavy atom. The van der Waals surface area contributed by atoms with E-state index in [1.54, 1.807) is 23.1 Å². The Kier molecular flexibility index (Phi) is 5.70. The van der Waals surface area contributed by atoms with Gasteiger partial charge in [0.15, 0.2) is 0 Å². The van der Waals surface area contributed by atoms with Gasteiger partial charge >= 0.3 is 6.09 Å². The average Bonchev–Trinajstić information content (AvgIpc) is 2.62. The summed E-state index contributed by atoms with van der Waals surface area (Å²) in [5, 5.41) is 0. The van der Waals surface area contributed by atoms with Gasteiger partial charge in [-0.2, -0.15) is 0 Å². The monoisotopic (exact) mass is 431 g/mol. The Balaban J connectivity index is 1.90. The average molecular weight is 432 g/mol. The molecule has 2 aromatic carbocycles. The van der Waals surface area contributed by atoms with Crippen molar-refractivity contribution in [1.82, 2.24) is 4.90 Å². The third kappa shape index (κ3) is 3.93. The van der Waals surface area contributed by atoms with Crippen molar-refractivity contribution in [2.45, 2.75) is 44.4 Å². The largest absolute Gasteiger partial charge is 0.437 e. The third-order valence-electron chi connectivity index (χ3n) is 5.21. The van der Waals surface area contributed by atoms with E-state index in [9.17, 15) is 9.18 Å². The Morgan fingerprint density at radius 2 is 1.93 bits per heavy atom. The molecule has 2 aromatic rings. The first-order valence-electron chi connectivity index (χ1n) is 9.00. The Labute approximate surface area is 168 Å². The predicted molar refractivity (Wildman–Crippen MR) is 108 cm³/mol. The minimum atomic E-state index is -0.818. The molecule has 1 heterocycles. The fourth-order valence-corrected chi connectivity index (χ4v) is 4.13. The van der Waals surface area contributed by atoms with Gasteiger partial charge in [-0.1, -0.05) is 46.3 Å². The van der Waals surface area contributed by atoms with Crippen molar-refractivity contribution in [3.8, 4) is 0 Å². The summed E-state index contributed by atoms with van der Waals surface area (Å²) in [6.07, 6.45) is 2.47. The zero-order valence-electron chi connectivity index (χ0n) is 15.5. The summed E-state index contributed by atoms with van der Waals surface area (Å²) in [5.41, 5.74) is 1.02. The molecule has 3 rings (SSSR count). The second kappa shape index (κ2) is 7.85. The molecule has 142 valence electrons. The number of carbonyl (C=O) groups excluding carboxylic acids is 1. The number of rotatable bonds is 5. The SMILES string of the molecule is C=CC[C@]1(c2ccc(F)cc2)C[C@H](C)N([C@@H](C)c2ccc(Br)cc2)C(=O)O1. The van der Waals surface area contributed by atoms with Gasteiger partial charge in [-0.3, -0.25) is 4.90 Å². The van der Waals surface area contributed by atoms with Crippen LogP contribution in [0, 0.1) is 5.82 Å². The minimum Gasteiger partial charge on any atom is -0.437 e. The topological polar surface area (TPSA) is 29.5 Å². The number of cyclic esters (lactones) is 1. The van der Waals surface area contributed by atoms with E-state index < -0.39 is 5.60 Å². The van der Waals surface area contributed by atoms with E-state index in [0.29, 0.717) is 12.8 Å². The van der Waals surface area contributed by atoms with Crippen LogP contribution in [0.3, 0.4) is 0 Å². The highest BCUT2D eigenvalue weighted by atomic mass is 79.9. The molecule has 0 spiro atoms. The zero-order chi connectivity index (χ0) is 19.6. The van der Waals surface area contributed by atoms with Crippen molar-refractivity contribution in [3.63, 3.8) is 0 Å². The van der Waals surface area contributed by atoms with Gasteiger partial charge in [-0.25, -0.2) is 9.18 Å². The summed E-state index contributed by atoms with van der Waals surface area (Å²) >= 11 is 3.44. The molecule has 1 aliphatic heterocycles. The van der Waals surface area contributed by atoms with Crippen molar-refractivity contribution < 1.29 is 13.9 Å². The number of hydrogen-bond acceptors (Lipinski definition) is 2. The van der Waals surface area contributed by atoms with Gasteiger partial charge in [-0.05, 0) is 49.2 Å². The summed E-state index contributed by atoms with van der Waals surface area (Å²) in [6, 6.07) is 13.9.